The van der Waals surface area contributed by atoms with Crippen LogP contribution in [-0.4, -0.2) is 40.5 Å². The molecule has 3 rings (SSSR count). The molecule has 0 unspecified atom stereocenters. The number of carbonyl (C=O) groups excluding carboxylic acids is 1. The van der Waals surface area contributed by atoms with E-state index in [1.165, 1.54) is 6.20 Å². The van der Waals surface area contributed by atoms with E-state index in [0.717, 1.165) is 24.2 Å². The lowest BCUT2D eigenvalue weighted by atomic mass is 9.98. The molecule has 1 saturated heterocycles. The Labute approximate surface area is 151 Å². The summed E-state index contributed by atoms with van der Waals surface area (Å²) in [5, 5.41) is 0. The highest BCUT2D eigenvalue weighted by Gasteiger charge is 2.24. The highest BCUT2D eigenvalue weighted by atomic mass is 16.5. The summed E-state index contributed by atoms with van der Waals surface area (Å²) in [6.07, 6.45) is 3.21. The maximum atomic E-state index is 12.5. The maximum Gasteiger partial charge on any atom is 0.325 e. The van der Waals surface area contributed by atoms with Crippen molar-refractivity contribution in [3.05, 3.63) is 62.4 Å². The second-order valence-electron chi connectivity index (χ2n) is 6.70. The van der Waals surface area contributed by atoms with E-state index in [4.69, 9.17) is 4.74 Å². The van der Waals surface area contributed by atoms with Gasteiger partial charge >= 0.3 is 5.69 Å². The van der Waals surface area contributed by atoms with E-state index in [9.17, 15) is 14.4 Å². The normalized spacial score (nSPS) is 17.1. The van der Waals surface area contributed by atoms with Crippen LogP contribution in [0.4, 0.5) is 0 Å². The third-order valence-corrected chi connectivity index (χ3v) is 4.68. The summed E-state index contributed by atoms with van der Waals surface area (Å²) >= 11 is 0. The minimum Gasteiger partial charge on any atom is -0.493 e. The van der Waals surface area contributed by atoms with Crippen molar-refractivity contribution in [2.45, 2.75) is 26.2 Å². The van der Waals surface area contributed by atoms with Crippen molar-refractivity contribution in [1.82, 2.24) is 14.9 Å². The number of aromatic amines is 2. The average Bonchev–Trinajstić information content (AvgIpc) is 2.63. The Morgan fingerprint density at radius 2 is 2.12 bits per heavy atom. The average molecular weight is 357 g/mol. The molecular formula is C19H23N3O4. The van der Waals surface area contributed by atoms with E-state index in [1.54, 1.807) is 4.90 Å². The number of piperidine rings is 1. The quantitative estimate of drug-likeness (QED) is 0.841. The summed E-state index contributed by atoms with van der Waals surface area (Å²) in [4.78, 5) is 41.7. The van der Waals surface area contributed by atoms with Crippen LogP contribution in [0, 0.1) is 12.8 Å². The summed E-state index contributed by atoms with van der Waals surface area (Å²) in [5.41, 5.74) is 0.276. The lowest BCUT2D eigenvalue weighted by molar-refractivity contribution is -0.132. The molecule has 0 spiro atoms. The summed E-state index contributed by atoms with van der Waals surface area (Å²) in [6.45, 7) is 3.87. The fourth-order valence-corrected chi connectivity index (χ4v) is 3.20. The molecule has 0 bridgehead atoms. The number of likely N-dealkylation sites (tertiary alicyclic amines) is 1. The predicted molar refractivity (Wildman–Crippen MR) is 97.4 cm³/mol. The van der Waals surface area contributed by atoms with E-state index in [2.05, 4.69) is 9.97 Å². The number of aryl methyl sites for hydroxylation is 1. The van der Waals surface area contributed by atoms with E-state index in [-0.39, 0.29) is 23.8 Å². The Kier molecular flexibility index (Phi) is 5.55. The highest BCUT2D eigenvalue weighted by Crippen LogP contribution is 2.21. The van der Waals surface area contributed by atoms with Gasteiger partial charge in [0.25, 0.3) is 5.56 Å². The first kappa shape index (κ1) is 18.0. The van der Waals surface area contributed by atoms with Crippen LogP contribution in [0.1, 0.15) is 24.0 Å². The van der Waals surface area contributed by atoms with Gasteiger partial charge < -0.3 is 14.6 Å². The number of nitrogens with one attached hydrogen (secondary N) is 2. The van der Waals surface area contributed by atoms with Gasteiger partial charge in [-0.05, 0) is 31.4 Å². The molecule has 1 aromatic heterocycles. The van der Waals surface area contributed by atoms with Crippen LogP contribution in [0.3, 0.4) is 0 Å². The van der Waals surface area contributed by atoms with Gasteiger partial charge in [-0.25, -0.2) is 4.79 Å². The van der Waals surface area contributed by atoms with Gasteiger partial charge in [-0.3, -0.25) is 14.6 Å². The van der Waals surface area contributed by atoms with Crippen molar-refractivity contribution < 1.29 is 9.53 Å². The Morgan fingerprint density at radius 1 is 1.31 bits per heavy atom. The molecule has 0 saturated carbocycles. The van der Waals surface area contributed by atoms with Crippen LogP contribution in [0.5, 0.6) is 5.75 Å². The van der Waals surface area contributed by atoms with Crippen molar-refractivity contribution >= 4 is 5.91 Å². The van der Waals surface area contributed by atoms with Crippen LogP contribution >= 0.6 is 0 Å². The van der Waals surface area contributed by atoms with Crippen molar-refractivity contribution in [1.29, 1.82) is 0 Å². The van der Waals surface area contributed by atoms with E-state index in [1.807, 2.05) is 31.2 Å². The number of rotatable bonds is 5. The first-order chi connectivity index (χ1) is 12.5. The molecule has 1 aromatic carbocycles. The number of ether oxygens (including phenoxy) is 1. The first-order valence-electron chi connectivity index (χ1n) is 8.80. The molecule has 1 aliphatic heterocycles. The largest absolute Gasteiger partial charge is 0.493 e. The third-order valence-electron chi connectivity index (χ3n) is 4.68. The van der Waals surface area contributed by atoms with Gasteiger partial charge in [0.1, 0.15) is 5.75 Å². The Hall–Kier alpha value is -2.83. The number of hydrogen-bond donors (Lipinski definition) is 2. The molecule has 1 amide bonds. The predicted octanol–water partition coefficient (Wildman–Crippen LogP) is 1.23. The number of H-pyrrole nitrogens is 2. The fourth-order valence-electron chi connectivity index (χ4n) is 3.20. The van der Waals surface area contributed by atoms with Gasteiger partial charge in [0, 0.05) is 30.8 Å². The Bertz CT molecular complexity index is 887. The molecule has 2 N–H and O–H groups in total. The summed E-state index contributed by atoms with van der Waals surface area (Å²) < 4.78 is 5.92. The molecule has 138 valence electrons. The maximum absolute atomic E-state index is 12.5. The van der Waals surface area contributed by atoms with Gasteiger partial charge in [0.05, 0.1) is 13.0 Å². The van der Waals surface area contributed by atoms with Crippen molar-refractivity contribution in [2.24, 2.45) is 5.92 Å². The number of para-hydroxylation sites is 1. The minimum absolute atomic E-state index is 0.0164. The van der Waals surface area contributed by atoms with Gasteiger partial charge in [-0.1, -0.05) is 18.2 Å². The topological polar surface area (TPSA) is 95.3 Å². The van der Waals surface area contributed by atoms with Gasteiger partial charge in [0.2, 0.25) is 5.91 Å². The lowest BCUT2D eigenvalue weighted by Crippen LogP contribution is -2.43. The molecular weight excluding hydrogens is 334 g/mol. The van der Waals surface area contributed by atoms with Gasteiger partial charge in [-0.15, -0.1) is 0 Å². The number of carbonyl (C=O) groups is 1. The third kappa shape index (κ3) is 4.41. The highest BCUT2D eigenvalue weighted by molar-refractivity contribution is 5.78. The molecule has 0 aliphatic carbocycles. The SMILES string of the molecule is Cc1ccccc1OC[C@@H]1CCCN(C(=O)Cc2c[nH]c(=O)[nH]c2=O)C1. The van der Waals surface area contributed by atoms with Crippen molar-refractivity contribution in [2.75, 3.05) is 19.7 Å². The van der Waals surface area contributed by atoms with Crippen LogP contribution in [0.15, 0.2) is 40.1 Å². The van der Waals surface area contributed by atoms with Crippen molar-refractivity contribution in [3.8, 4) is 5.75 Å². The summed E-state index contributed by atoms with van der Waals surface area (Å²) in [6, 6.07) is 7.87. The van der Waals surface area contributed by atoms with E-state index < -0.39 is 11.2 Å². The Balaban J connectivity index is 1.57. The van der Waals surface area contributed by atoms with Gasteiger partial charge in [0.15, 0.2) is 0 Å². The van der Waals surface area contributed by atoms with E-state index in [0.29, 0.717) is 19.7 Å². The second kappa shape index (κ2) is 8.03. The Morgan fingerprint density at radius 3 is 2.88 bits per heavy atom. The van der Waals surface area contributed by atoms with E-state index >= 15 is 0 Å². The molecule has 0 radical (unpaired) electrons. The monoisotopic (exact) mass is 357 g/mol. The molecule has 2 aromatic rings. The molecule has 7 nitrogen and oxygen atoms in total. The molecule has 26 heavy (non-hydrogen) atoms. The minimum atomic E-state index is -0.572. The standard InChI is InChI=1S/C19H23N3O4/c1-13-5-2-3-7-16(13)26-12-14-6-4-8-22(11-14)17(23)9-15-10-20-19(25)21-18(15)24/h2-3,5,7,10,14H,4,6,8-9,11-12H2,1H3,(H2,20,21,24,25)/t14-/m1/s1. The first-order valence-corrected chi connectivity index (χ1v) is 8.80. The summed E-state index contributed by atoms with van der Waals surface area (Å²) in [5.74, 6) is 1.03. The molecule has 2 heterocycles. The summed E-state index contributed by atoms with van der Waals surface area (Å²) in [7, 11) is 0. The zero-order valence-electron chi connectivity index (χ0n) is 14.8. The van der Waals surface area contributed by atoms with Crippen molar-refractivity contribution in [3.63, 3.8) is 0 Å². The molecule has 1 aliphatic rings. The van der Waals surface area contributed by atoms with Crippen LogP contribution in [0.2, 0.25) is 0 Å². The molecule has 7 heteroatoms. The van der Waals surface area contributed by atoms with Crippen LogP contribution in [-0.2, 0) is 11.2 Å². The number of amides is 1. The smallest absolute Gasteiger partial charge is 0.325 e. The second-order valence-corrected chi connectivity index (χ2v) is 6.70. The number of hydrogen-bond acceptors (Lipinski definition) is 4. The van der Waals surface area contributed by atoms with Crippen LogP contribution < -0.4 is 16.0 Å². The zero-order chi connectivity index (χ0) is 18.5. The number of nitrogens with zero attached hydrogens (tertiary/aromatic N) is 1. The van der Waals surface area contributed by atoms with Gasteiger partial charge in [-0.2, -0.15) is 0 Å². The fraction of sp³-hybridized carbons (Fsp3) is 0.421. The van der Waals surface area contributed by atoms with Crippen LogP contribution in [0.25, 0.3) is 0 Å². The number of benzene rings is 1. The molecule has 1 fully saturated rings. The number of aromatic nitrogens is 2. The lowest BCUT2D eigenvalue weighted by Gasteiger charge is -2.32. The molecule has 1 atom stereocenters. The zero-order valence-corrected chi connectivity index (χ0v) is 14.8.